The third-order valence-electron chi connectivity index (χ3n) is 3.27. The Morgan fingerprint density at radius 2 is 1.88 bits per heavy atom. The molecule has 1 aromatic carbocycles. The van der Waals surface area contributed by atoms with Crippen LogP contribution in [0, 0.1) is 24.5 Å². The van der Waals surface area contributed by atoms with Crippen molar-refractivity contribution in [3.05, 3.63) is 34.9 Å². The summed E-state index contributed by atoms with van der Waals surface area (Å²) in [5.41, 5.74) is 0.675. The molecule has 0 heterocycles. The minimum atomic E-state index is -0.459. The first-order valence-electron chi connectivity index (χ1n) is 6.20. The average Bonchev–Trinajstić information content (AvgIpc) is 2.32. The van der Waals surface area contributed by atoms with E-state index in [-0.39, 0.29) is 17.5 Å². The average molecular weight is 241 g/mol. The molecule has 1 rings (SSSR count). The van der Waals surface area contributed by atoms with Gasteiger partial charge in [-0.2, -0.15) is 0 Å². The minimum Gasteiger partial charge on any atom is -0.310 e. The zero-order valence-corrected chi connectivity index (χ0v) is 11.0. The van der Waals surface area contributed by atoms with Crippen molar-refractivity contribution in [2.45, 2.75) is 40.2 Å². The van der Waals surface area contributed by atoms with E-state index in [0.29, 0.717) is 12.1 Å². The van der Waals surface area contributed by atoms with Crippen LogP contribution in [0.15, 0.2) is 12.1 Å². The van der Waals surface area contributed by atoms with Gasteiger partial charge in [-0.3, -0.25) is 0 Å². The molecule has 0 radical (unpaired) electrons. The standard InChI is InChI=1S/C14H21F2N/c1-5-9(3)14(17-6-2)12-11(15)8-7-10(4)13(12)16/h7-9,14,17H,5-6H2,1-4H3. The molecule has 0 aliphatic carbocycles. The van der Waals surface area contributed by atoms with Gasteiger partial charge in [0.2, 0.25) is 0 Å². The molecule has 0 bridgehead atoms. The van der Waals surface area contributed by atoms with Gasteiger partial charge in [0.1, 0.15) is 11.6 Å². The van der Waals surface area contributed by atoms with Crippen molar-refractivity contribution in [1.82, 2.24) is 5.32 Å². The Labute approximate surface area is 102 Å². The molecule has 1 nitrogen and oxygen atoms in total. The second kappa shape index (κ2) is 6.10. The van der Waals surface area contributed by atoms with Crippen LogP contribution < -0.4 is 5.32 Å². The fourth-order valence-electron chi connectivity index (χ4n) is 2.01. The molecule has 0 fully saturated rings. The smallest absolute Gasteiger partial charge is 0.133 e. The van der Waals surface area contributed by atoms with Crippen LogP contribution in [-0.4, -0.2) is 6.54 Å². The van der Waals surface area contributed by atoms with Gasteiger partial charge in [0.25, 0.3) is 0 Å². The lowest BCUT2D eigenvalue weighted by Crippen LogP contribution is -2.28. The quantitative estimate of drug-likeness (QED) is 0.822. The summed E-state index contributed by atoms with van der Waals surface area (Å²) < 4.78 is 27.9. The van der Waals surface area contributed by atoms with Gasteiger partial charge in [0.05, 0.1) is 0 Å². The molecule has 0 aromatic heterocycles. The first-order chi connectivity index (χ1) is 8.02. The molecule has 96 valence electrons. The number of aryl methyl sites for hydroxylation is 1. The van der Waals surface area contributed by atoms with Gasteiger partial charge in [0.15, 0.2) is 0 Å². The summed E-state index contributed by atoms with van der Waals surface area (Å²) in [6.07, 6.45) is 0.879. The minimum absolute atomic E-state index is 0.182. The molecule has 1 N–H and O–H groups in total. The third kappa shape index (κ3) is 3.03. The fourth-order valence-corrected chi connectivity index (χ4v) is 2.01. The molecule has 0 aliphatic heterocycles. The predicted molar refractivity (Wildman–Crippen MR) is 67.0 cm³/mol. The SMILES string of the molecule is CCNC(c1c(F)ccc(C)c1F)C(C)CC. The highest BCUT2D eigenvalue weighted by Gasteiger charge is 2.24. The number of halogens is 2. The van der Waals surface area contributed by atoms with E-state index in [1.165, 1.54) is 12.1 Å². The Bertz CT molecular complexity index is 377. The topological polar surface area (TPSA) is 12.0 Å². The van der Waals surface area contributed by atoms with Crippen molar-refractivity contribution >= 4 is 0 Å². The van der Waals surface area contributed by atoms with Crippen LogP contribution in [0.5, 0.6) is 0 Å². The summed E-state index contributed by atoms with van der Waals surface area (Å²) in [4.78, 5) is 0. The number of hydrogen-bond acceptors (Lipinski definition) is 1. The van der Waals surface area contributed by atoms with Gasteiger partial charge in [-0.1, -0.05) is 33.3 Å². The molecular weight excluding hydrogens is 220 g/mol. The van der Waals surface area contributed by atoms with Gasteiger partial charge < -0.3 is 5.32 Å². The van der Waals surface area contributed by atoms with E-state index in [1.54, 1.807) is 6.92 Å². The summed E-state index contributed by atoms with van der Waals surface area (Å²) in [7, 11) is 0. The Hall–Kier alpha value is -0.960. The van der Waals surface area contributed by atoms with Crippen molar-refractivity contribution < 1.29 is 8.78 Å². The molecule has 3 heteroatoms. The second-order valence-electron chi connectivity index (χ2n) is 4.51. The van der Waals surface area contributed by atoms with Gasteiger partial charge >= 0.3 is 0 Å². The van der Waals surface area contributed by atoms with Crippen molar-refractivity contribution in [2.24, 2.45) is 5.92 Å². The highest BCUT2D eigenvalue weighted by atomic mass is 19.1. The van der Waals surface area contributed by atoms with E-state index >= 15 is 0 Å². The fraction of sp³-hybridized carbons (Fsp3) is 0.571. The lowest BCUT2D eigenvalue weighted by Gasteiger charge is -2.25. The van der Waals surface area contributed by atoms with Crippen LogP contribution >= 0.6 is 0 Å². The lowest BCUT2D eigenvalue weighted by molar-refractivity contribution is 0.357. The molecule has 0 amide bonds. The van der Waals surface area contributed by atoms with Crippen LogP contribution in [0.3, 0.4) is 0 Å². The highest BCUT2D eigenvalue weighted by molar-refractivity contribution is 5.29. The first-order valence-corrected chi connectivity index (χ1v) is 6.20. The Kier molecular flexibility index (Phi) is 5.06. The summed E-state index contributed by atoms with van der Waals surface area (Å²) in [6, 6.07) is 2.57. The van der Waals surface area contributed by atoms with Crippen LogP contribution in [0.1, 0.15) is 44.4 Å². The van der Waals surface area contributed by atoms with Crippen LogP contribution in [-0.2, 0) is 0 Å². The molecule has 17 heavy (non-hydrogen) atoms. The maximum absolute atomic E-state index is 14.1. The summed E-state index contributed by atoms with van der Waals surface area (Å²) in [5.74, 6) is -0.684. The van der Waals surface area contributed by atoms with Crippen molar-refractivity contribution in [1.29, 1.82) is 0 Å². The monoisotopic (exact) mass is 241 g/mol. The predicted octanol–water partition coefficient (Wildman–Crippen LogP) is 3.97. The molecule has 2 atom stereocenters. The van der Waals surface area contributed by atoms with E-state index in [4.69, 9.17) is 0 Å². The maximum atomic E-state index is 14.1. The van der Waals surface area contributed by atoms with Crippen molar-refractivity contribution in [3.63, 3.8) is 0 Å². The molecule has 0 saturated heterocycles. The van der Waals surface area contributed by atoms with E-state index in [0.717, 1.165) is 6.42 Å². The van der Waals surface area contributed by atoms with Gasteiger partial charge in [-0.05, 0) is 31.0 Å². The zero-order chi connectivity index (χ0) is 13.0. The van der Waals surface area contributed by atoms with Crippen molar-refractivity contribution in [2.75, 3.05) is 6.54 Å². The summed E-state index contributed by atoms with van der Waals surface area (Å²) >= 11 is 0. The maximum Gasteiger partial charge on any atom is 0.133 e. The van der Waals surface area contributed by atoms with Gasteiger partial charge in [0, 0.05) is 11.6 Å². The number of hydrogen-bond donors (Lipinski definition) is 1. The van der Waals surface area contributed by atoms with Gasteiger partial charge in [-0.25, -0.2) is 8.78 Å². The first kappa shape index (κ1) is 14.1. The lowest BCUT2D eigenvalue weighted by atomic mass is 9.90. The second-order valence-corrected chi connectivity index (χ2v) is 4.51. The highest BCUT2D eigenvalue weighted by Crippen LogP contribution is 2.30. The largest absolute Gasteiger partial charge is 0.310 e. The number of benzene rings is 1. The Morgan fingerprint density at radius 3 is 2.41 bits per heavy atom. The van der Waals surface area contributed by atoms with Gasteiger partial charge in [-0.15, -0.1) is 0 Å². The summed E-state index contributed by atoms with van der Waals surface area (Å²) in [5, 5.41) is 3.18. The Balaban J connectivity index is 3.22. The zero-order valence-electron chi connectivity index (χ0n) is 11.0. The number of nitrogens with one attached hydrogen (secondary N) is 1. The molecule has 0 spiro atoms. The van der Waals surface area contributed by atoms with Crippen LogP contribution in [0.2, 0.25) is 0 Å². The van der Waals surface area contributed by atoms with E-state index in [1.807, 2.05) is 20.8 Å². The van der Waals surface area contributed by atoms with E-state index in [9.17, 15) is 8.78 Å². The summed E-state index contributed by atoms with van der Waals surface area (Å²) in [6.45, 7) is 8.34. The third-order valence-corrected chi connectivity index (χ3v) is 3.27. The van der Waals surface area contributed by atoms with Crippen LogP contribution in [0.4, 0.5) is 8.78 Å². The molecule has 1 aromatic rings. The van der Waals surface area contributed by atoms with E-state index in [2.05, 4.69) is 5.32 Å². The molecular formula is C14H21F2N. The van der Waals surface area contributed by atoms with Crippen LogP contribution in [0.25, 0.3) is 0 Å². The molecule has 0 aliphatic rings. The normalized spacial score (nSPS) is 14.7. The molecule has 2 unspecified atom stereocenters. The van der Waals surface area contributed by atoms with Crippen molar-refractivity contribution in [3.8, 4) is 0 Å². The number of rotatable bonds is 5. The molecule has 0 saturated carbocycles. The Morgan fingerprint density at radius 1 is 1.24 bits per heavy atom. The van der Waals surface area contributed by atoms with E-state index < -0.39 is 11.6 Å².